The second-order valence-electron chi connectivity index (χ2n) is 8.13. The van der Waals surface area contributed by atoms with Gasteiger partial charge in [0.2, 0.25) is 5.91 Å². The van der Waals surface area contributed by atoms with E-state index in [0.717, 1.165) is 43.1 Å². The van der Waals surface area contributed by atoms with Crippen molar-refractivity contribution in [2.75, 3.05) is 25.5 Å². The Bertz CT molecular complexity index is 640. The summed E-state index contributed by atoms with van der Waals surface area (Å²) in [4.78, 5) is 18.9. The largest absolute Gasteiger partial charge is 0.356 e. The highest BCUT2D eigenvalue weighted by atomic mass is 127. The smallest absolute Gasteiger partial charge is 0.227 e. The zero-order valence-electron chi connectivity index (χ0n) is 19.8. The average Bonchev–Trinajstić information content (AvgIpc) is 2.69. The van der Waals surface area contributed by atoms with E-state index in [0.29, 0.717) is 18.6 Å². The molecule has 0 radical (unpaired) electrons. The second-order valence-corrected chi connectivity index (χ2v) is 8.13. The minimum absolute atomic E-state index is 0. The first-order valence-corrected chi connectivity index (χ1v) is 10.9. The summed E-state index contributed by atoms with van der Waals surface area (Å²) < 4.78 is 0. The molecule has 0 saturated carbocycles. The fraction of sp³-hybridized carbons (Fsp3) is 0.652. The van der Waals surface area contributed by atoms with Crippen LogP contribution in [0.4, 0.5) is 5.69 Å². The summed E-state index contributed by atoms with van der Waals surface area (Å²) in [7, 11) is 1.78. The van der Waals surface area contributed by atoms with E-state index < -0.39 is 0 Å². The maximum absolute atomic E-state index is 12.1. The SMILES string of the molecule is CCC(C)C(=O)Nc1cccc(CNC(=NC)NCCCN(C(C)C)C(C)C)c1.I. The molecule has 0 aliphatic rings. The van der Waals surface area contributed by atoms with Crippen molar-refractivity contribution < 1.29 is 4.79 Å². The van der Waals surface area contributed by atoms with Crippen molar-refractivity contribution in [2.45, 2.75) is 73.0 Å². The first kappa shape index (κ1) is 28.6. The molecule has 0 heterocycles. The van der Waals surface area contributed by atoms with Gasteiger partial charge in [0.05, 0.1) is 0 Å². The number of guanidine groups is 1. The number of nitrogens with zero attached hydrogens (tertiary/aromatic N) is 2. The standard InChI is InChI=1S/C23H41N5O.HI/c1-8-19(6)22(29)27-21-12-9-11-20(15-21)16-26-23(24-7)25-13-10-14-28(17(2)3)18(4)5;/h9,11-12,15,17-19H,8,10,13-14,16H2,1-7H3,(H,27,29)(H2,24,25,26);1H. The lowest BCUT2D eigenvalue weighted by molar-refractivity contribution is -0.119. The molecule has 0 spiro atoms. The van der Waals surface area contributed by atoms with Gasteiger partial charge >= 0.3 is 0 Å². The highest BCUT2D eigenvalue weighted by Crippen LogP contribution is 2.13. The summed E-state index contributed by atoms with van der Waals surface area (Å²) in [6, 6.07) is 9.05. The molecule has 7 heteroatoms. The number of nitrogens with one attached hydrogen (secondary N) is 3. The van der Waals surface area contributed by atoms with Crippen LogP contribution in [0.25, 0.3) is 0 Å². The number of hydrogen-bond donors (Lipinski definition) is 3. The van der Waals surface area contributed by atoms with E-state index in [2.05, 4.69) is 53.5 Å². The quantitative estimate of drug-likeness (QED) is 0.171. The van der Waals surface area contributed by atoms with Gasteiger partial charge in [-0.3, -0.25) is 14.7 Å². The van der Waals surface area contributed by atoms with E-state index in [1.807, 2.05) is 38.1 Å². The van der Waals surface area contributed by atoms with Gasteiger partial charge in [0.15, 0.2) is 5.96 Å². The topological polar surface area (TPSA) is 68.8 Å². The van der Waals surface area contributed by atoms with Crippen molar-refractivity contribution in [3.63, 3.8) is 0 Å². The number of aliphatic imine (C=N–C) groups is 1. The van der Waals surface area contributed by atoms with Crippen LogP contribution in [0.3, 0.4) is 0 Å². The van der Waals surface area contributed by atoms with Crippen LogP contribution < -0.4 is 16.0 Å². The van der Waals surface area contributed by atoms with Crippen LogP contribution in [0.2, 0.25) is 0 Å². The molecule has 0 aromatic heterocycles. The summed E-state index contributed by atoms with van der Waals surface area (Å²) in [5.74, 6) is 0.869. The zero-order valence-corrected chi connectivity index (χ0v) is 22.1. The molecule has 3 N–H and O–H groups in total. The lowest BCUT2D eigenvalue weighted by atomic mass is 10.1. The van der Waals surface area contributed by atoms with Crippen LogP contribution in [0.5, 0.6) is 0 Å². The van der Waals surface area contributed by atoms with Crippen molar-refractivity contribution in [1.29, 1.82) is 0 Å². The average molecular weight is 532 g/mol. The Morgan fingerprint density at radius 3 is 2.33 bits per heavy atom. The summed E-state index contributed by atoms with van der Waals surface area (Å²) in [6.07, 6.45) is 1.90. The molecule has 172 valence electrons. The Balaban J connectivity index is 0.00000841. The highest BCUT2D eigenvalue weighted by molar-refractivity contribution is 14.0. The second kappa shape index (κ2) is 15.5. The van der Waals surface area contributed by atoms with E-state index in [1.54, 1.807) is 7.05 Å². The third kappa shape index (κ3) is 10.6. The first-order chi connectivity index (χ1) is 13.8. The van der Waals surface area contributed by atoms with Crippen LogP contribution in [-0.2, 0) is 11.3 Å². The van der Waals surface area contributed by atoms with E-state index in [9.17, 15) is 4.79 Å². The molecular weight excluding hydrogens is 489 g/mol. The molecule has 30 heavy (non-hydrogen) atoms. The van der Waals surface area contributed by atoms with E-state index in [1.165, 1.54) is 0 Å². The van der Waals surface area contributed by atoms with Crippen molar-refractivity contribution in [3.05, 3.63) is 29.8 Å². The third-order valence-corrected chi connectivity index (χ3v) is 5.15. The number of benzene rings is 1. The third-order valence-electron chi connectivity index (χ3n) is 5.15. The molecule has 1 rings (SSSR count). The molecule has 1 amide bonds. The van der Waals surface area contributed by atoms with E-state index in [4.69, 9.17) is 0 Å². The van der Waals surface area contributed by atoms with Crippen LogP contribution in [-0.4, -0.2) is 49.0 Å². The molecular formula is C23H42IN5O. The first-order valence-electron chi connectivity index (χ1n) is 10.9. The highest BCUT2D eigenvalue weighted by Gasteiger charge is 2.12. The van der Waals surface area contributed by atoms with Gasteiger partial charge in [-0.15, -0.1) is 24.0 Å². The van der Waals surface area contributed by atoms with E-state index in [-0.39, 0.29) is 35.8 Å². The molecule has 6 nitrogen and oxygen atoms in total. The fourth-order valence-corrected chi connectivity index (χ4v) is 3.20. The lowest BCUT2D eigenvalue weighted by Gasteiger charge is -2.30. The summed E-state index contributed by atoms with van der Waals surface area (Å²) >= 11 is 0. The van der Waals surface area contributed by atoms with Crippen molar-refractivity contribution in [2.24, 2.45) is 10.9 Å². The maximum Gasteiger partial charge on any atom is 0.227 e. The van der Waals surface area contributed by atoms with Crippen molar-refractivity contribution in [3.8, 4) is 0 Å². The molecule has 0 aliphatic heterocycles. The number of halogens is 1. The molecule has 1 unspecified atom stereocenters. The van der Waals surface area contributed by atoms with Crippen LogP contribution in [0.1, 0.15) is 59.9 Å². The van der Waals surface area contributed by atoms with Crippen LogP contribution >= 0.6 is 24.0 Å². The summed E-state index contributed by atoms with van der Waals surface area (Å²) in [6.45, 7) is 15.5. The minimum atomic E-state index is 0. The minimum Gasteiger partial charge on any atom is -0.356 e. The van der Waals surface area contributed by atoms with Crippen LogP contribution in [0.15, 0.2) is 29.3 Å². The normalized spacial score (nSPS) is 12.7. The Morgan fingerprint density at radius 2 is 1.77 bits per heavy atom. The molecule has 1 aromatic rings. The number of carbonyl (C=O) groups is 1. The van der Waals surface area contributed by atoms with Gasteiger partial charge in [0.25, 0.3) is 0 Å². The van der Waals surface area contributed by atoms with Crippen molar-refractivity contribution in [1.82, 2.24) is 15.5 Å². The predicted octanol–water partition coefficient (Wildman–Crippen LogP) is 4.46. The Kier molecular flexibility index (Phi) is 14.8. The van der Waals surface area contributed by atoms with Gasteiger partial charge in [-0.1, -0.05) is 26.0 Å². The van der Waals surface area contributed by atoms with Gasteiger partial charge in [0, 0.05) is 50.4 Å². The molecule has 0 fully saturated rings. The number of rotatable bonds is 11. The lowest BCUT2D eigenvalue weighted by Crippen LogP contribution is -2.41. The van der Waals surface area contributed by atoms with E-state index >= 15 is 0 Å². The maximum atomic E-state index is 12.1. The predicted molar refractivity (Wildman–Crippen MR) is 140 cm³/mol. The number of anilines is 1. The molecule has 1 atom stereocenters. The molecule has 0 bridgehead atoms. The summed E-state index contributed by atoms with van der Waals surface area (Å²) in [5, 5.41) is 9.72. The van der Waals surface area contributed by atoms with Gasteiger partial charge in [0.1, 0.15) is 0 Å². The van der Waals surface area contributed by atoms with Gasteiger partial charge in [-0.05, 0) is 58.2 Å². The molecule has 0 saturated heterocycles. The van der Waals surface area contributed by atoms with Crippen LogP contribution in [0, 0.1) is 5.92 Å². The van der Waals surface area contributed by atoms with Gasteiger partial charge < -0.3 is 16.0 Å². The fourth-order valence-electron chi connectivity index (χ4n) is 3.20. The number of carbonyl (C=O) groups excluding carboxylic acids is 1. The Hall–Kier alpha value is -1.35. The monoisotopic (exact) mass is 531 g/mol. The zero-order chi connectivity index (χ0) is 21.8. The number of hydrogen-bond acceptors (Lipinski definition) is 3. The van der Waals surface area contributed by atoms with Gasteiger partial charge in [-0.25, -0.2) is 0 Å². The van der Waals surface area contributed by atoms with Gasteiger partial charge in [-0.2, -0.15) is 0 Å². The summed E-state index contributed by atoms with van der Waals surface area (Å²) in [5.41, 5.74) is 1.93. The molecule has 1 aromatic carbocycles. The molecule has 0 aliphatic carbocycles. The Morgan fingerprint density at radius 1 is 1.10 bits per heavy atom. The van der Waals surface area contributed by atoms with Crippen molar-refractivity contribution >= 4 is 41.5 Å². The Labute approximate surface area is 200 Å². The number of amides is 1.